The van der Waals surface area contributed by atoms with Crippen molar-refractivity contribution in [3.05, 3.63) is 89.7 Å². The third-order valence-electron chi connectivity index (χ3n) is 7.23. The van der Waals surface area contributed by atoms with Crippen LogP contribution in [-0.2, 0) is 7.05 Å². The van der Waals surface area contributed by atoms with Gasteiger partial charge in [0.15, 0.2) is 0 Å². The predicted molar refractivity (Wildman–Crippen MR) is 152 cm³/mol. The minimum Gasteiger partial charge on any atom is -0.387 e. The van der Waals surface area contributed by atoms with Crippen LogP contribution in [0.5, 0.6) is 0 Å². The van der Waals surface area contributed by atoms with Gasteiger partial charge in [-0.05, 0) is 64.9 Å². The highest BCUT2D eigenvalue weighted by molar-refractivity contribution is 6.65. The van der Waals surface area contributed by atoms with Gasteiger partial charge in [-0.2, -0.15) is 0 Å². The molecule has 0 unspecified atom stereocenters. The smallest absolute Gasteiger partial charge is 0.387 e. The molecule has 1 aromatic heterocycles. The van der Waals surface area contributed by atoms with Crippen LogP contribution in [0.25, 0.3) is 22.5 Å². The Labute approximate surface area is 211 Å². The zero-order chi connectivity index (χ0) is 25.3. The van der Waals surface area contributed by atoms with Crippen molar-refractivity contribution in [1.82, 2.24) is 4.57 Å². The van der Waals surface area contributed by atoms with E-state index in [0.717, 1.165) is 5.69 Å². The highest BCUT2D eigenvalue weighted by Gasteiger charge is 2.33. The fraction of sp³-hybridized carbons (Fsp3) is 0.323. The fourth-order valence-corrected chi connectivity index (χ4v) is 5.36. The third kappa shape index (κ3) is 4.67. The molecule has 0 aliphatic heterocycles. The maximum Gasteiger partial charge on any atom is 0.409 e. The molecule has 1 N–H and O–H groups in total. The minimum absolute atomic E-state index is 0.190. The number of benzene rings is 3. The Morgan fingerprint density at radius 3 is 2.06 bits per heavy atom. The molecule has 3 nitrogen and oxygen atoms in total. The van der Waals surface area contributed by atoms with Crippen LogP contribution in [0.15, 0.2) is 73.1 Å². The Kier molecular flexibility index (Phi) is 7.21. The summed E-state index contributed by atoms with van der Waals surface area (Å²) in [6, 6.07) is 22.1. The van der Waals surface area contributed by atoms with Gasteiger partial charge in [-0.25, -0.2) is 4.57 Å². The van der Waals surface area contributed by atoms with Crippen LogP contribution in [-0.4, -0.2) is 18.5 Å². The van der Waals surface area contributed by atoms with E-state index >= 15 is 0 Å². The Morgan fingerprint density at radius 2 is 1.49 bits per heavy atom. The molecule has 4 heteroatoms. The van der Waals surface area contributed by atoms with Crippen LogP contribution < -0.4 is 15.3 Å². The second-order valence-corrected chi connectivity index (χ2v) is 10.3. The molecule has 4 aromatic rings. The molecule has 0 radical (unpaired) electrons. The zero-order valence-corrected chi connectivity index (χ0v) is 22.6. The van der Waals surface area contributed by atoms with Crippen molar-refractivity contribution in [3.8, 4) is 22.5 Å². The number of nitrogens with zero attached hydrogens (tertiary/aromatic N) is 2. The second-order valence-electron chi connectivity index (χ2n) is 10.3. The number of rotatable bonds is 7. The van der Waals surface area contributed by atoms with E-state index in [9.17, 15) is 0 Å². The SMILES string of the molecule is CNc1cccc(C)c1-c1n(C)cc[n+]1B(C)c1c(C(C)C)cc(-c2ccccc2)cc1C(C)C. The average Bonchev–Trinajstić information content (AvgIpc) is 3.23. The normalized spacial score (nSPS) is 11.4. The number of anilines is 1. The average molecular weight is 464 g/mol. The van der Waals surface area contributed by atoms with Crippen LogP contribution in [0.2, 0.25) is 6.82 Å². The zero-order valence-electron chi connectivity index (χ0n) is 22.6. The third-order valence-corrected chi connectivity index (χ3v) is 7.23. The van der Waals surface area contributed by atoms with Crippen LogP contribution in [0.3, 0.4) is 0 Å². The second kappa shape index (κ2) is 10.2. The van der Waals surface area contributed by atoms with Crippen LogP contribution in [0, 0.1) is 6.92 Å². The summed E-state index contributed by atoms with van der Waals surface area (Å²) in [5.41, 5.74) is 10.6. The number of nitrogens with one attached hydrogen (secondary N) is 1. The first-order valence-electron chi connectivity index (χ1n) is 12.8. The summed E-state index contributed by atoms with van der Waals surface area (Å²) in [6.07, 6.45) is 4.42. The maximum absolute atomic E-state index is 3.42. The summed E-state index contributed by atoms with van der Waals surface area (Å²) >= 11 is 0. The first-order chi connectivity index (χ1) is 16.7. The number of aromatic nitrogens is 2. The van der Waals surface area contributed by atoms with Gasteiger partial charge in [-0.3, -0.25) is 4.48 Å². The molecule has 180 valence electrons. The van der Waals surface area contributed by atoms with Crippen LogP contribution >= 0.6 is 0 Å². The molecule has 3 aromatic carbocycles. The predicted octanol–water partition coefficient (Wildman–Crippen LogP) is 6.62. The van der Waals surface area contributed by atoms with E-state index in [-0.39, 0.29) is 6.85 Å². The minimum atomic E-state index is 0.190. The van der Waals surface area contributed by atoms with Crippen LogP contribution in [0.1, 0.15) is 56.2 Å². The molecule has 0 fully saturated rings. The van der Waals surface area contributed by atoms with E-state index in [2.05, 4.69) is 136 Å². The van der Waals surface area contributed by atoms with Crippen LogP contribution in [0.4, 0.5) is 5.69 Å². The summed E-state index contributed by atoms with van der Waals surface area (Å²) in [6.45, 7) is 14.0. The van der Waals surface area contributed by atoms with Gasteiger partial charge < -0.3 is 5.32 Å². The van der Waals surface area contributed by atoms with Crippen molar-refractivity contribution in [2.24, 2.45) is 7.05 Å². The van der Waals surface area contributed by atoms with Gasteiger partial charge in [0.2, 0.25) is 0 Å². The summed E-state index contributed by atoms with van der Waals surface area (Å²) in [5, 5.41) is 3.42. The van der Waals surface area contributed by atoms with Gasteiger partial charge in [0.05, 0.1) is 12.6 Å². The van der Waals surface area contributed by atoms with Crippen molar-refractivity contribution in [2.45, 2.75) is 53.3 Å². The first kappa shape index (κ1) is 24.8. The lowest BCUT2D eigenvalue weighted by Gasteiger charge is -2.24. The van der Waals surface area contributed by atoms with Crippen molar-refractivity contribution in [1.29, 1.82) is 0 Å². The van der Waals surface area contributed by atoms with E-state index < -0.39 is 0 Å². The van der Waals surface area contributed by atoms with E-state index in [1.54, 1.807) is 0 Å². The lowest BCUT2D eigenvalue weighted by molar-refractivity contribution is -0.521. The number of hydrogen-bond donors (Lipinski definition) is 1. The van der Waals surface area contributed by atoms with Gasteiger partial charge in [-0.15, -0.1) is 0 Å². The molecule has 0 aliphatic carbocycles. The lowest BCUT2D eigenvalue weighted by Crippen LogP contribution is -2.59. The summed E-state index contributed by atoms with van der Waals surface area (Å²) < 4.78 is 4.71. The van der Waals surface area contributed by atoms with Crippen molar-refractivity contribution in [2.75, 3.05) is 12.4 Å². The first-order valence-corrected chi connectivity index (χ1v) is 12.8. The van der Waals surface area contributed by atoms with E-state index in [0.29, 0.717) is 11.8 Å². The Balaban J connectivity index is 1.96. The van der Waals surface area contributed by atoms with Gasteiger partial charge >= 0.3 is 6.85 Å². The molecular formula is C31H39BN3+. The monoisotopic (exact) mass is 464 g/mol. The molecule has 4 rings (SSSR count). The van der Waals surface area contributed by atoms with Crippen molar-refractivity contribution >= 4 is 18.0 Å². The largest absolute Gasteiger partial charge is 0.409 e. The van der Waals surface area contributed by atoms with Gasteiger partial charge in [0, 0.05) is 12.7 Å². The molecule has 0 aliphatic rings. The van der Waals surface area contributed by atoms with Gasteiger partial charge in [0.1, 0.15) is 12.4 Å². The number of aryl methyl sites for hydroxylation is 2. The Morgan fingerprint density at radius 1 is 0.857 bits per heavy atom. The lowest BCUT2D eigenvalue weighted by atomic mass is 9.53. The summed E-state index contributed by atoms with van der Waals surface area (Å²) in [7, 11) is 4.15. The molecule has 0 saturated carbocycles. The summed E-state index contributed by atoms with van der Waals surface area (Å²) in [5.74, 6) is 2.07. The Hall–Kier alpha value is -3.27. The topological polar surface area (TPSA) is 20.8 Å². The number of hydrogen-bond acceptors (Lipinski definition) is 1. The molecular weight excluding hydrogens is 425 g/mol. The molecule has 0 atom stereocenters. The van der Waals surface area contributed by atoms with E-state index in [1.807, 2.05) is 7.05 Å². The van der Waals surface area contributed by atoms with Crippen molar-refractivity contribution < 1.29 is 4.48 Å². The van der Waals surface area contributed by atoms with Gasteiger partial charge in [0.25, 0.3) is 5.82 Å². The molecule has 0 saturated heterocycles. The molecule has 35 heavy (non-hydrogen) atoms. The van der Waals surface area contributed by atoms with Crippen molar-refractivity contribution in [3.63, 3.8) is 0 Å². The maximum atomic E-state index is 3.42. The fourth-order valence-electron chi connectivity index (χ4n) is 5.36. The van der Waals surface area contributed by atoms with Gasteiger partial charge in [-0.1, -0.05) is 82.3 Å². The molecule has 0 amide bonds. The van der Waals surface area contributed by atoms with E-state index in [1.165, 1.54) is 44.7 Å². The highest BCUT2D eigenvalue weighted by Crippen LogP contribution is 2.31. The quantitative estimate of drug-likeness (QED) is 0.305. The number of imidazole rings is 1. The Bertz CT molecular complexity index is 1290. The molecule has 0 spiro atoms. The molecule has 0 bridgehead atoms. The van der Waals surface area contributed by atoms with E-state index in [4.69, 9.17) is 0 Å². The molecule has 1 heterocycles. The standard InChI is InChI=1S/C31H38BN3/c1-21(2)26-19-25(24-14-10-9-11-15-24)20-27(22(3)4)30(26)32(6)35-18-17-34(8)31(35)29-23(5)13-12-16-28(29)33-7/h9-22H,1-8H3/p+1. The highest BCUT2D eigenvalue weighted by atomic mass is 15.1. The summed E-state index contributed by atoms with van der Waals surface area (Å²) in [4.78, 5) is 0.